The molecule has 2 fully saturated rings. The van der Waals surface area contributed by atoms with Gasteiger partial charge in [-0.05, 0) is 24.7 Å². The van der Waals surface area contributed by atoms with E-state index < -0.39 is 12.2 Å². The molecular formula is C10H18O2. The third-order valence-corrected chi connectivity index (χ3v) is 3.60. The van der Waals surface area contributed by atoms with Crippen LogP contribution in [0.5, 0.6) is 0 Å². The predicted molar refractivity (Wildman–Crippen MR) is 46.7 cm³/mol. The van der Waals surface area contributed by atoms with Gasteiger partial charge in [0.25, 0.3) is 0 Å². The summed E-state index contributed by atoms with van der Waals surface area (Å²) in [6, 6.07) is 0. The third kappa shape index (κ3) is 1.50. The van der Waals surface area contributed by atoms with Crippen LogP contribution in [-0.4, -0.2) is 22.4 Å². The van der Waals surface area contributed by atoms with Gasteiger partial charge in [0.2, 0.25) is 0 Å². The summed E-state index contributed by atoms with van der Waals surface area (Å²) in [5.41, 5.74) is 0. The van der Waals surface area contributed by atoms with E-state index in [-0.39, 0.29) is 0 Å². The molecule has 0 aromatic carbocycles. The summed E-state index contributed by atoms with van der Waals surface area (Å²) in [5, 5.41) is 18.9. The zero-order valence-corrected chi connectivity index (χ0v) is 7.45. The van der Waals surface area contributed by atoms with Gasteiger partial charge in [0, 0.05) is 0 Å². The Kier molecular flexibility index (Phi) is 2.37. The minimum Gasteiger partial charge on any atom is -0.390 e. The predicted octanol–water partition coefficient (Wildman–Crippen LogP) is 1.31. The Bertz CT molecular complexity index is 140. The summed E-state index contributed by atoms with van der Waals surface area (Å²) < 4.78 is 0. The normalized spacial score (nSPS) is 48.5. The molecule has 70 valence electrons. The van der Waals surface area contributed by atoms with E-state index in [1.165, 1.54) is 25.7 Å². The molecule has 0 aromatic heterocycles. The minimum atomic E-state index is -0.440. The molecule has 4 unspecified atom stereocenters. The summed E-state index contributed by atoms with van der Waals surface area (Å²) in [6.07, 6.45) is 5.99. The lowest BCUT2D eigenvalue weighted by Crippen LogP contribution is -2.40. The Morgan fingerprint density at radius 3 is 1.58 bits per heavy atom. The second-order valence-electron chi connectivity index (χ2n) is 4.41. The Morgan fingerprint density at radius 2 is 1.17 bits per heavy atom. The molecule has 2 heteroatoms. The fraction of sp³-hybridized carbons (Fsp3) is 1.00. The van der Waals surface area contributed by atoms with Crippen LogP contribution in [0.2, 0.25) is 0 Å². The Labute approximate surface area is 73.6 Å². The first-order valence-electron chi connectivity index (χ1n) is 5.13. The van der Waals surface area contributed by atoms with E-state index in [1.807, 2.05) is 0 Å². The Balaban J connectivity index is 1.98. The van der Waals surface area contributed by atoms with E-state index >= 15 is 0 Å². The molecule has 0 saturated heterocycles. The molecule has 2 aliphatic carbocycles. The average Bonchev–Trinajstić information content (AvgIpc) is 2.07. The number of hydrogen-bond donors (Lipinski definition) is 2. The van der Waals surface area contributed by atoms with Crippen molar-refractivity contribution in [1.82, 2.24) is 0 Å². The summed E-state index contributed by atoms with van der Waals surface area (Å²) in [4.78, 5) is 0. The molecule has 2 rings (SSSR count). The number of fused-ring (bicyclic) bond motifs is 1. The number of aliphatic hydroxyl groups is 2. The maximum absolute atomic E-state index is 9.47. The molecule has 4 atom stereocenters. The molecule has 0 amide bonds. The quantitative estimate of drug-likeness (QED) is 0.575. The van der Waals surface area contributed by atoms with Gasteiger partial charge in [-0.3, -0.25) is 0 Å². The highest BCUT2D eigenvalue weighted by atomic mass is 16.3. The number of aliphatic hydroxyl groups excluding tert-OH is 2. The Hall–Kier alpha value is -0.0800. The minimum absolute atomic E-state index is 0.440. The van der Waals surface area contributed by atoms with Crippen molar-refractivity contribution in [1.29, 1.82) is 0 Å². The summed E-state index contributed by atoms with van der Waals surface area (Å²) >= 11 is 0. The number of hydrogen-bond acceptors (Lipinski definition) is 2. The largest absolute Gasteiger partial charge is 0.390 e. The monoisotopic (exact) mass is 170 g/mol. The molecule has 12 heavy (non-hydrogen) atoms. The molecule has 2 aliphatic rings. The lowest BCUT2D eigenvalue weighted by atomic mass is 9.69. The van der Waals surface area contributed by atoms with Gasteiger partial charge in [-0.1, -0.05) is 25.7 Å². The van der Waals surface area contributed by atoms with Crippen LogP contribution < -0.4 is 0 Å². The highest BCUT2D eigenvalue weighted by Gasteiger charge is 2.36. The van der Waals surface area contributed by atoms with Gasteiger partial charge in [0.1, 0.15) is 0 Å². The fourth-order valence-corrected chi connectivity index (χ4v) is 2.84. The first-order chi connectivity index (χ1) is 5.77. The topological polar surface area (TPSA) is 40.5 Å². The zero-order valence-electron chi connectivity index (χ0n) is 7.45. The second kappa shape index (κ2) is 3.35. The van der Waals surface area contributed by atoms with Crippen LogP contribution in [0, 0.1) is 11.8 Å². The molecule has 2 nitrogen and oxygen atoms in total. The van der Waals surface area contributed by atoms with Gasteiger partial charge < -0.3 is 10.2 Å². The summed E-state index contributed by atoms with van der Waals surface area (Å²) in [5.74, 6) is 1.41. The van der Waals surface area contributed by atoms with Crippen molar-refractivity contribution < 1.29 is 10.2 Å². The van der Waals surface area contributed by atoms with E-state index in [0.29, 0.717) is 11.8 Å². The van der Waals surface area contributed by atoms with Crippen molar-refractivity contribution in [3.63, 3.8) is 0 Å². The molecule has 0 heterocycles. The maximum atomic E-state index is 9.47. The zero-order chi connectivity index (χ0) is 8.55. The van der Waals surface area contributed by atoms with E-state index in [1.54, 1.807) is 0 Å². The third-order valence-electron chi connectivity index (χ3n) is 3.60. The lowest BCUT2D eigenvalue weighted by molar-refractivity contribution is -0.0566. The SMILES string of the molecule is OC1CC2CCCCC2CC1O. The molecule has 2 saturated carbocycles. The van der Waals surface area contributed by atoms with E-state index in [4.69, 9.17) is 0 Å². The van der Waals surface area contributed by atoms with Crippen molar-refractivity contribution >= 4 is 0 Å². The van der Waals surface area contributed by atoms with E-state index in [0.717, 1.165) is 12.8 Å². The summed E-state index contributed by atoms with van der Waals surface area (Å²) in [6.45, 7) is 0. The van der Waals surface area contributed by atoms with Gasteiger partial charge in [-0.25, -0.2) is 0 Å². The van der Waals surface area contributed by atoms with Crippen LogP contribution in [0.25, 0.3) is 0 Å². The second-order valence-corrected chi connectivity index (χ2v) is 4.41. The van der Waals surface area contributed by atoms with Gasteiger partial charge in [0.15, 0.2) is 0 Å². The van der Waals surface area contributed by atoms with Crippen molar-refractivity contribution in [2.24, 2.45) is 11.8 Å². The van der Waals surface area contributed by atoms with Crippen LogP contribution in [0.4, 0.5) is 0 Å². The van der Waals surface area contributed by atoms with Crippen molar-refractivity contribution in [3.8, 4) is 0 Å². The van der Waals surface area contributed by atoms with Crippen LogP contribution in [0.1, 0.15) is 38.5 Å². The van der Waals surface area contributed by atoms with Crippen LogP contribution in [-0.2, 0) is 0 Å². The van der Waals surface area contributed by atoms with Crippen molar-refractivity contribution in [2.75, 3.05) is 0 Å². The average molecular weight is 170 g/mol. The summed E-state index contributed by atoms with van der Waals surface area (Å²) in [7, 11) is 0. The molecule has 0 aliphatic heterocycles. The smallest absolute Gasteiger partial charge is 0.0802 e. The van der Waals surface area contributed by atoms with E-state index in [9.17, 15) is 10.2 Å². The van der Waals surface area contributed by atoms with Crippen LogP contribution in [0.3, 0.4) is 0 Å². The molecule has 0 radical (unpaired) electrons. The van der Waals surface area contributed by atoms with Gasteiger partial charge >= 0.3 is 0 Å². The first-order valence-corrected chi connectivity index (χ1v) is 5.13. The lowest BCUT2D eigenvalue weighted by Gasteiger charge is -2.40. The van der Waals surface area contributed by atoms with Crippen LogP contribution in [0.15, 0.2) is 0 Å². The van der Waals surface area contributed by atoms with Gasteiger partial charge in [0.05, 0.1) is 12.2 Å². The van der Waals surface area contributed by atoms with Crippen LogP contribution >= 0.6 is 0 Å². The van der Waals surface area contributed by atoms with Crippen molar-refractivity contribution in [3.05, 3.63) is 0 Å². The Morgan fingerprint density at radius 1 is 0.750 bits per heavy atom. The maximum Gasteiger partial charge on any atom is 0.0802 e. The fourth-order valence-electron chi connectivity index (χ4n) is 2.84. The molecular weight excluding hydrogens is 152 g/mol. The highest BCUT2D eigenvalue weighted by molar-refractivity contribution is 4.87. The van der Waals surface area contributed by atoms with Gasteiger partial charge in [-0.15, -0.1) is 0 Å². The molecule has 0 spiro atoms. The highest BCUT2D eigenvalue weighted by Crippen LogP contribution is 2.40. The standard InChI is InChI=1S/C10H18O2/c11-9-5-7-3-1-2-4-8(7)6-10(9)12/h7-12H,1-6H2. The van der Waals surface area contributed by atoms with Crippen molar-refractivity contribution in [2.45, 2.75) is 50.7 Å². The van der Waals surface area contributed by atoms with E-state index in [2.05, 4.69) is 0 Å². The molecule has 0 bridgehead atoms. The number of rotatable bonds is 0. The molecule has 2 N–H and O–H groups in total. The first kappa shape index (κ1) is 8.52. The van der Waals surface area contributed by atoms with Gasteiger partial charge in [-0.2, -0.15) is 0 Å². The molecule has 0 aromatic rings.